The molecule has 0 unspecified atom stereocenters. The molecule has 0 saturated heterocycles. The quantitative estimate of drug-likeness (QED) is 0.182. The van der Waals surface area contributed by atoms with E-state index in [0.29, 0.717) is 32.4 Å². The molecule has 4 aromatic carbocycles. The first kappa shape index (κ1) is 30.3. The van der Waals surface area contributed by atoms with Gasteiger partial charge in [-0.05, 0) is 155 Å². The lowest BCUT2D eigenvalue weighted by molar-refractivity contribution is 0.323. The molecular weight excluding hydrogens is 637 g/mol. The van der Waals surface area contributed by atoms with Crippen molar-refractivity contribution >= 4 is 21.8 Å². The first-order chi connectivity index (χ1) is 25.4. The molecule has 0 aliphatic heterocycles. The number of hydrogen-bond acceptors (Lipinski definition) is 2. The Morgan fingerprint density at radius 2 is 0.692 bits per heavy atom. The number of fused-ring (bicyclic) bond motifs is 11. The molecular formula is C48H48N2O2. The molecule has 6 aliphatic rings. The van der Waals surface area contributed by atoms with Crippen LogP contribution in [0.1, 0.15) is 138 Å². The normalized spacial score (nSPS) is 23.2. The molecule has 2 aromatic heterocycles. The highest BCUT2D eigenvalue weighted by Crippen LogP contribution is 2.64. The third-order valence-corrected chi connectivity index (χ3v) is 16.1. The summed E-state index contributed by atoms with van der Waals surface area (Å²) in [6, 6.07) is 27.0. The summed E-state index contributed by atoms with van der Waals surface area (Å²) < 4.78 is 3.24. The lowest BCUT2D eigenvalue weighted by Crippen LogP contribution is -2.24. The Bertz CT molecular complexity index is 2420. The maximum atomic E-state index is 14.1. The maximum absolute atomic E-state index is 14.1. The van der Waals surface area contributed by atoms with E-state index in [1.54, 1.807) is 22.3 Å². The van der Waals surface area contributed by atoms with Gasteiger partial charge in [0, 0.05) is 0 Å². The second-order valence-corrected chi connectivity index (χ2v) is 18.5. The van der Waals surface area contributed by atoms with E-state index in [4.69, 9.17) is 0 Å². The Morgan fingerprint density at radius 1 is 0.365 bits per heavy atom. The monoisotopic (exact) mass is 684 g/mol. The van der Waals surface area contributed by atoms with Gasteiger partial charge in [0.2, 0.25) is 0 Å². The molecule has 4 heteroatoms. The lowest BCUT2D eigenvalue weighted by atomic mass is 9.75. The molecule has 262 valence electrons. The van der Waals surface area contributed by atoms with E-state index in [1.165, 1.54) is 131 Å². The van der Waals surface area contributed by atoms with Crippen LogP contribution in [0.2, 0.25) is 0 Å². The van der Waals surface area contributed by atoms with Gasteiger partial charge in [-0.1, -0.05) is 99.9 Å². The van der Waals surface area contributed by atoms with Crippen LogP contribution in [0.25, 0.3) is 44.1 Å². The highest BCUT2D eigenvalue weighted by atomic mass is 16.2. The summed E-state index contributed by atoms with van der Waals surface area (Å²) in [7, 11) is 0. The highest BCUT2D eigenvalue weighted by Gasteiger charge is 2.55. The average molecular weight is 685 g/mol. The predicted octanol–water partition coefficient (Wildman–Crippen LogP) is 10.9. The molecule has 4 saturated carbocycles. The van der Waals surface area contributed by atoms with Gasteiger partial charge >= 0.3 is 0 Å². The van der Waals surface area contributed by atoms with Crippen molar-refractivity contribution in [2.45, 2.75) is 137 Å². The van der Waals surface area contributed by atoms with Crippen molar-refractivity contribution in [2.75, 3.05) is 0 Å². The van der Waals surface area contributed by atoms with Crippen molar-refractivity contribution in [1.82, 2.24) is 9.03 Å². The van der Waals surface area contributed by atoms with E-state index in [2.05, 4.69) is 60.7 Å². The molecule has 0 N–H and O–H groups in total. The fraction of sp³-hybridized carbons (Fsp3) is 0.458. The van der Waals surface area contributed by atoms with Gasteiger partial charge in [-0.3, -0.25) is 9.59 Å². The molecule has 0 radical (unpaired) electrons. The maximum Gasteiger partial charge on any atom is 0.282 e. The molecule has 52 heavy (non-hydrogen) atoms. The van der Waals surface area contributed by atoms with E-state index in [9.17, 15) is 9.59 Å². The summed E-state index contributed by atoms with van der Waals surface area (Å²) in [5.74, 6) is 0. The molecule has 0 atom stereocenters. The van der Waals surface area contributed by atoms with E-state index in [1.807, 2.05) is 16.6 Å². The van der Waals surface area contributed by atoms with E-state index in [0.717, 1.165) is 22.2 Å². The van der Waals surface area contributed by atoms with E-state index >= 15 is 0 Å². The van der Waals surface area contributed by atoms with Gasteiger partial charge in [0.1, 0.15) is 0 Å². The molecule has 12 rings (SSSR count). The number of nitrogens with zero attached hydrogens (tertiary/aromatic N) is 2. The Morgan fingerprint density at radius 3 is 1.08 bits per heavy atom. The predicted molar refractivity (Wildman–Crippen MR) is 210 cm³/mol. The van der Waals surface area contributed by atoms with Gasteiger partial charge in [-0.25, -0.2) is 4.52 Å². The largest absolute Gasteiger partial charge is 0.282 e. The van der Waals surface area contributed by atoms with Gasteiger partial charge in [-0.2, -0.15) is 4.52 Å². The van der Waals surface area contributed by atoms with Crippen LogP contribution in [0.3, 0.4) is 0 Å². The van der Waals surface area contributed by atoms with Crippen LogP contribution in [0.15, 0.2) is 82.4 Å². The summed E-state index contributed by atoms with van der Waals surface area (Å²) in [4.78, 5) is 28.2. The third kappa shape index (κ3) is 3.79. The Kier molecular flexibility index (Phi) is 5.99. The topological polar surface area (TPSA) is 43.0 Å². The van der Waals surface area contributed by atoms with Crippen molar-refractivity contribution in [1.29, 1.82) is 0 Å². The van der Waals surface area contributed by atoms with Crippen molar-refractivity contribution in [2.24, 2.45) is 0 Å². The van der Waals surface area contributed by atoms with Gasteiger partial charge in [0.15, 0.2) is 0 Å². The summed E-state index contributed by atoms with van der Waals surface area (Å²) in [6.45, 7) is 0. The number of aromatic nitrogens is 2. The fourth-order valence-electron chi connectivity index (χ4n) is 13.9. The SMILES string of the molecule is O=c1c2cc(-c3ccc4c(c3)C3(CCCC3)CC43CCCC3)ccc2n2c3ccc(-c4ccc5c(c4)C4(CCCC4)CC54CCCC4)cc3c(=O)n12. The van der Waals surface area contributed by atoms with Crippen molar-refractivity contribution in [3.8, 4) is 22.3 Å². The molecule has 4 nitrogen and oxygen atoms in total. The minimum atomic E-state index is -0.222. The number of hydrogen-bond donors (Lipinski definition) is 0. The van der Waals surface area contributed by atoms with Gasteiger partial charge in [0.05, 0.1) is 21.8 Å². The minimum absolute atomic E-state index is 0.222. The number of rotatable bonds is 2. The van der Waals surface area contributed by atoms with E-state index in [-0.39, 0.29) is 11.1 Å². The Hall–Kier alpha value is -4.18. The second kappa shape index (κ2) is 10.3. The van der Waals surface area contributed by atoms with Crippen LogP contribution in [0.5, 0.6) is 0 Å². The molecule has 0 bridgehead atoms. The van der Waals surface area contributed by atoms with E-state index < -0.39 is 0 Å². The summed E-state index contributed by atoms with van der Waals surface area (Å²) in [5.41, 5.74) is 13.6. The molecule has 4 fully saturated rings. The second-order valence-electron chi connectivity index (χ2n) is 18.5. The van der Waals surface area contributed by atoms with Crippen LogP contribution in [0, 0.1) is 0 Å². The van der Waals surface area contributed by atoms with Crippen LogP contribution in [-0.4, -0.2) is 9.03 Å². The molecule has 0 amide bonds. The fourth-order valence-corrected chi connectivity index (χ4v) is 13.9. The van der Waals surface area contributed by atoms with Crippen LogP contribution in [-0.2, 0) is 21.7 Å². The Labute approximate surface area is 305 Å². The average Bonchev–Trinajstić information content (AvgIpc) is 4.05. The van der Waals surface area contributed by atoms with Gasteiger partial charge in [0.25, 0.3) is 11.1 Å². The first-order valence-corrected chi connectivity index (χ1v) is 20.7. The smallest absolute Gasteiger partial charge is 0.267 e. The zero-order chi connectivity index (χ0) is 34.5. The first-order valence-electron chi connectivity index (χ1n) is 20.7. The van der Waals surface area contributed by atoms with Crippen LogP contribution < -0.4 is 11.1 Å². The van der Waals surface area contributed by atoms with Gasteiger partial charge in [-0.15, -0.1) is 0 Å². The summed E-state index contributed by atoms with van der Waals surface area (Å²) in [5, 5.41) is 1.23. The Balaban J connectivity index is 0.952. The van der Waals surface area contributed by atoms with Crippen LogP contribution >= 0.6 is 0 Å². The zero-order valence-electron chi connectivity index (χ0n) is 30.4. The van der Waals surface area contributed by atoms with Crippen molar-refractivity contribution in [3.63, 3.8) is 0 Å². The van der Waals surface area contributed by atoms with Crippen molar-refractivity contribution in [3.05, 3.63) is 116 Å². The summed E-state index contributed by atoms with van der Waals surface area (Å²) >= 11 is 0. The van der Waals surface area contributed by atoms with Gasteiger partial charge < -0.3 is 0 Å². The molecule has 6 aromatic rings. The third-order valence-electron chi connectivity index (χ3n) is 16.1. The van der Waals surface area contributed by atoms with Crippen LogP contribution in [0.4, 0.5) is 0 Å². The molecule has 6 aliphatic carbocycles. The zero-order valence-corrected chi connectivity index (χ0v) is 30.4. The number of benzene rings is 4. The lowest BCUT2D eigenvalue weighted by Gasteiger charge is -2.29. The standard InChI is InChI=1S/C48H48N2O2/c51-43-35-25-31(33-9-13-37-39(27-33)47(21-5-6-22-47)29-45(37)17-1-2-18-45)11-15-41(35)49-42-16-12-32(26-36(42)44(52)50(43)49)34-10-14-38-40(28-34)48(23-7-8-24-48)30-46(38)19-3-4-20-46/h9-16,25-28H,1-8,17-24,29-30H2. The molecule has 2 heterocycles. The molecule has 4 spiro atoms. The minimum Gasteiger partial charge on any atom is -0.267 e. The highest BCUT2D eigenvalue weighted by molar-refractivity contribution is 5.92. The van der Waals surface area contributed by atoms with Crippen molar-refractivity contribution < 1.29 is 0 Å². The summed E-state index contributed by atoms with van der Waals surface area (Å²) in [6.07, 6.45) is 24.1.